The molecular weight excluding hydrogens is 340 g/mol. The summed E-state index contributed by atoms with van der Waals surface area (Å²) in [6.45, 7) is 8.09. The lowest BCUT2D eigenvalue weighted by Crippen LogP contribution is -2.49. The Balaban J connectivity index is 1.94. The van der Waals surface area contributed by atoms with Crippen LogP contribution >= 0.6 is 0 Å². The molecule has 0 saturated heterocycles. The van der Waals surface area contributed by atoms with Gasteiger partial charge in [0.1, 0.15) is 0 Å². The van der Waals surface area contributed by atoms with Crippen LogP contribution in [0.15, 0.2) is 23.1 Å². The van der Waals surface area contributed by atoms with Crippen molar-refractivity contribution in [3.05, 3.63) is 29.3 Å². The number of rotatable bonds is 3. The standard InChI is InChI=1S/C18H26N2O4S/c1-10-5-6-13(25(19,23)24)11(9-10)16(22)20-14-12-7-8-18(4,15(14)21)17(12,2)3/h5-6,9,12,14-15,21H,7-8H2,1-4H3,(H,20,22)(H2,19,23,24). The highest BCUT2D eigenvalue weighted by Gasteiger charge is 2.66. The van der Waals surface area contributed by atoms with Crippen molar-refractivity contribution >= 4 is 15.9 Å². The van der Waals surface area contributed by atoms with Crippen LogP contribution in [-0.2, 0) is 10.0 Å². The Morgan fingerprint density at radius 3 is 2.48 bits per heavy atom. The zero-order chi connectivity index (χ0) is 18.8. The van der Waals surface area contributed by atoms with Crippen LogP contribution in [0.2, 0.25) is 0 Å². The molecule has 2 bridgehead atoms. The predicted molar refractivity (Wildman–Crippen MR) is 94.4 cm³/mol. The smallest absolute Gasteiger partial charge is 0.252 e. The van der Waals surface area contributed by atoms with Gasteiger partial charge in [-0.05, 0) is 43.2 Å². The Kier molecular flexibility index (Phi) is 4.06. The van der Waals surface area contributed by atoms with Gasteiger partial charge >= 0.3 is 0 Å². The number of hydrogen-bond acceptors (Lipinski definition) is 4. The van der Waals surface area contributed by atoms with Gasteiger partial charge in [-0.25, -0.2) is 13.6 Å². The molecule has 7 heteroatoms. The quantitative estimate of drug-likeness (QED) is 0.754. The van der Waals surface area contributed by atoms with E-state index in [-0.39, 0.29) is 27.2 Å². The maximum absolute atomic E-state index is 12.8. The Bertz CT molecular complexity index is 833. The van der Waals surface area contributed by atoms with Gasteiger partial charge in [0.2, 0.25) is 10.0 Å². The van der Waals surface area contributed by atoms with Gasteiger partial charge in [0, 0.05) is 5.41 Å². The summed E-state index contributed by atoms with van der Waals surface area (Å²) < 4.78 is 23.6. The fourth-order valence-corrected chi connectivity index (χ4v) is 5.53. The van der Waals surface area contributed by atoms with Crippen LogP contribution in [0.25, 0.3) is 0 Å². The van der Waals surface area contributed by atoms with Crippen LogP contribution in [-0.4, -0.2) is 31.6 Å². The van der Waals surface area contributed by atoms with Crippen LogP contribution < -0.4 is 10.5 Å². The van der Waals surface area contributed by atoms with Gasteiger partial charge in [-0.15, -0.1) is 0 Å². The van der Waals surface area contributed by atoms with Gasteiger partial charge in [0.15, 0.2) is 0 Å². The number of benzene rings is 1. The molecule has 2 saturated carbocycles. The SMILES string of the molecule is Cc1ccc(S(N)(=O)=O)c(C(=O)NC2C3CCC(C)(C2O)C3(C)C)c1. The van der Waals surface area contributed by atoms with Crippen molar-refractivity contribution < 1.29 is 18.3 Å². The van der Waals surface area contributed by atoms with E-state index in [0.717, 1.165) is 18.4 Å². The van der Waals surface area contributed by atoms with Gasteiger partial charge in [0.05, 0.1) is 22.6 Å². The van der Waals surface area contributed by atoms with Crippen LogP contribution in [0, 0.1) is 23.7 Å². The minimum absolute atomic E-state index is 0.0282. The number of carbonyl (C=O) groups excluding carboxylic acids is 1. The number of carbonyl (C=O) groups is 1. The Morgan fingerprint density at radius 2 is 1.96 bits per heavy atom. The Hall–Kier alpha value is -1.44. The zero-order valence-electron chi connectivity index (χ0n) is 15.0. The lowest BCUT2D eigenvalue weighted by atomic mass is 9.70. The Morgan fingerprint density at radius 1 is 1.32 bits per heavy atom. The number of hydrogen-bond donors (Lipinski definition) is 3. The highest BCUT2D eigenvalue weighted by molar-refractivity contribution is 7.89. The van der Waals surface area contributed by atoms with Crippen LogP contribution in [0.3, 0.4) is 0 Å². The molecule has 3 rings (SSSR count). The summed E-state index contributed by atoms with van der Waals surface area (Å²) >= 11 is 0. The van der Waals surface area contributed by atoms with Gasteiger partial charge in [-0.2, -0.15) is 0 Å². The second-order valence-electron chi connectivity index (χ2n) is 8.27. The summed E-state index contributed by atoms with van der Waals surface area (Å²) in [7, 11) is -4.01. The third-order valence-electron chi connectivity index (χ3n) is 6.78. The van der Waals surface area contributed by atoms with Crippen LogP contribution in [0.5, 0.6) is 0 Å². The lowest BCUT2D eigenvalue weighted by molar-refractivity contribution is 0.000474. The third-order valence-corrected chi connectivity index (χ3v) is 7.75. The van der Waals surface area contributed by atoms with E-state index >= 15 is 0 Å². The Labute approximate surface area is 148 Å². The van der Waals surface area contributed by atoms with E-state index in [2.05, 4.69) is 26.1 Å². The fraction of sp³-hybridized carbons (Fsp3) is 0.611. The fourth-order valence-electron chi connectivity index (χ4n) is 4.81. The number of sulfonamides is 1. The maximum atomic E-state index is 12.8. The molecule has 4 unspecified atom stereocenters. The molecule has 0 spiro atoms. The summed E-state index contributed by atoms with van der Waals surface area (Å²) in [5.74, 6) is -0.358. The normalized spacial score (nSPS) is 33.4. The number of primary sulfonamides is 1. The van der Waals surface area contributed by atoms with Crippen molar-refractivity contribution in [3.8, 4) is 0 Å². The van der Waals surface area contributed by atoms with E-state index in [1.165, 1.54) is 12.1 Å². The van der Waals surface area contributed by atoms with E-state index < -0.39 is 28.1 Å². The predicted octanol–water partition coefficient (Wildman–Crippen LogP) is 1.56. The van der Waals surface area contributed by atoms with Crippen molar-refractivity contribution in [1.29, 1.82) is 0 Å². The van der Waals surface area contributed by atoms with Gasteiger partial charge in [-0.1, -0.05) is 32.4 Å². The first-order chi connectivity index (χ1) is 11.4. The zero-order valence-corrected chi connectivity index (χ0v) is 15.9. The largest absolute Gasteiger partial charge is 0.390 e. The minimum atomic E-state index is -4.01. The lowest BCUT2D eigenvalue weighted by Gasteiger charge is -2.37. The molecule has 4 atom stereocenters. The molecule has 6 nitrogen and oxygen atoms in total. The highest BCUT2D eigenvalue weighted by atomic mass is 32.2. The summed E-state index contributed by atoms with van der Waals surface area (Å²) in [6, 6.07) is 4.08. The summed E-state index contributed by atoms with van der Waals surface area (Å²) in [5.41, 5.74) is 0.434. The number of nitrogens with two attached hydrogens (primary N) is 1. The van der Waals surface area contributed by atoms with Crippen molar-refractivity contribution in [1.82, 2.24) is 5.32 Å². The number of aryl methyl sites for hydroxylation is 1. The average Bonchev–Trinajstić information content (AvgIpc) is 2.80. The summed E-state index contributed by atoms with van der Waals surface area (Å²) in [4.78, 5) is 12.6. The molecule has 0 heterocycles. The average molecular weight is 366 g/mol. The molecule has 0 radical (unpaired) electrons. The monoisotopic (exact) mass is 366 g/mol. The molecule has 0 aromatic heterocycles. The van der Waals surface area contributed by atoms with E-state index in [9.17, 15) is 18.3 Å². The van der Waals surface area contributed by atoms with Crippen molar-refractivity contribution in [2.75, 3.05) is 0 Å². The molecule has 2 aliphatic rings. The molecule has 1 aromatic rings. The number of fused-ring (bicyclic) bond motifs is 2. The molecule has 0 aliphatic heterocycles. The molecule has 2 fully saturated rings. The van der Waals surface area contributed by atoms with E-state index in [4.69, 9.17) is 5.14 Å². The van der Waals surface area contributed by atoms with Crippen LogP contribution in [0.4, 0.5) is 0 Å². The second-order valence-corrected chi connectivity index (χ2v) is 9.80. The van der Waals surface area contributed by atoms with Crippen LogP contribution in [0.1, 0.15) is 49.5 Å². The molecule has 25 heavy (non-hydrogen) atoms. The topological polar surface area (TPSA) is 109 Å². The summed E-state index contributed by atoms with van der Waals surface area (Å²) in [5, 5.41) is 18.9. The number of aliphatic hydroxyl groups excluding tert-OH is 1. The maximum Gasteiger partial charge on any atom is 0.252 e. The molecule has 2 aliphatic carbocycles. The van der Waals surface area contributed by atoms with Gasteiger partial charge in [-0.3, -0.25) is 4.79 Å². The minimum Gasteiger partial charge on any atom is -0.390 e. The first kappa shape index (κ1) is 18.4. The van der Waals surface area contributed by atoms with Crippen molar-refractivity contribution in [3.63, 3.8) is 0 Å². The molecule has 4 N–H and O–H groups in total. The van der Waals surface area contributed by atoms with Gasteiger partial charge in [0.25, 0.3) is 5.91 Å². The van der Waals surface area contributed by atoms with E-state index in [1.807, 2.05) is 0 Å². The third kappa shape index (κ3) is 2.60. The summed E-state index contributed by atoms with van der Waals surface area (Å²) in [6.07, 6.45) is 1.19. The first-order valence-corrected chi connectivity index (χ1v) is 10.1. The molecule has 1 aromatic carbocycles. The molecule has 138 valence electrons. The van der Waals surface area contributed by atoms with E-state index in [0.29, 0.717) is 0 Å². The number of amides is 1. The molecular formula is C18H26N2O4S. The highest BCUT2D eigenvalue weighted by Crippen LogP contribution is 2.65. The second kappa shape index (κ2) is 5.53. The number of nitrogens with one attached hydrogen (secondary N) is 1. The number of aliphatic hydroxyl groups is 1. The van der Waals surface area contributed by atoms with Gasteiger partial charge < -0.3 is 10.4 Å². The first-order valence-electron chi connectivity index (χ1n) is 8.52. The molecule has 1 amide bonds. The van der Waals surface area contributed by atoms with E-state index in [1.54, 1.807) is 13.0 Å². The van der Waals surface area contributed by atoms with Crippen molar-refractivity contribution in [2.24, 2.45) is 21.9 Å². The van der Waals surface area contributed by atoms with Crippen molar-refractivity contribution in [2.45, 2.75) is 57.6 Å².